The summed E-state index contributed by atoms with van der Waals surface area (Å²) < 4.78 is 12.1. The van der Waals surface area contributed by atoms with Crippen LogP contribution in [0, 0.1) is 11.3 Å². The fraction of sp³-hybridized carbons (Fsp3) is 0.214. The van der Waals surface area contributed by atoms with Crippen molar-refractivity contribution in [2.45, 2.75) is 25.6 Å². The molecule has 1 aliphatic rings. The molecule has 0 bridgehead atoms. The highest BCUT2D eigenvalue weighted by Crippen LogP contribution is 2.27. The fourth-order valence-electron chi connectivity index (χ4n) is 3.99. The van der Waals surface area contributed by atoms with Gasteiger partial charge in [-0.2, -0.15) is 5.26 Å². The Morgan fingerprint density at radius 2 is 1.86 bits per heavy atom. The summed E-state index contributed by atoms with van der Waals surface area (Å²) >= 11 is 0. The second-order valence-corrected chi connectivity index (χ2v) is 8.30. The Kier molecular flexibility index (Phi) is 7.66. The predicted octanol–water partition coefficient (Wildman–Crippen LogP) is 4.00. The third-order valence-corrected chi connectivity index (χ3v) is 5.82. The molecule has 1 heterocycles. The van der Waals surface area contributed by atoms with Crippen LogP contribution in [0.1, 0.15) is 35.1 Å². The molecule has 0 aliphatic carbocycles. The number of phenols is 1. The third-order valence-electron chi connectivity index (χ3n) is 5.82. The van der Waals surface area contributed by atoms with Gasteiger partial charge in [-0.1, -0.05) is 36.4 Å². The second kappa shape index (κ2) is 11.2. The Morgan fingerprint density at radius 3 is 2.60 bits per heavy atom. The molecule has 0 aromatic heterocycles. The quantitative estimate of drug-likeness (QED) is 0.339. The maximum Gasteiger partial charge on any atom is 0.249 e. The standard InChI is InChI=1S/C28H27N3O4/c29-17-20-9-8-19(15-27(20)32)14-26(28(30)33)25-7-2-1-4-21(25)18-34-23-5-3-6-24(16-23)35-22-10-12-31-13-11-22/h1-9,14-16,22,31-32H,10-13,18H2,(H2,30,33)/b26-14+. The van der Waals surface area contributed by atoms with Crippen molar-refractivity contribution in [1.82, 2.24) is 5.32 Å². The first-order chi connectivity index (χ1) is 17.0. The van der Waals surface area contributed by atoms with E-state index in [1.54, 1.807) is 18.2 Å². The molecule has 3 aromatic rings. The highest BCUT2D eigenvalue weighted by Gasteiger charge is 2.16. The zero-order valence-electron chi connectivity index (χ0n) is 19.2. The number of nitrogens with two attached hydrogens (primary N) is 1. The van der Waals surface area contributed by atoms with Gasteiger partial charge in [0.1, 0.15) is 36.0 Å². The number of piperidine rings is 1. The summed E-state index contributed by atoms with van der Waals surface area (Å²) in [5, 5.41) is 22.4. The molecule has 0 radical (unpaired) electrons. The van der Waals surface area contributed by atoms with Crippen molar-refractivity contribution in [2.75, 3.05) is 13.1 Å². The van der Waals surface area contributed by atoms with E-state index in [2.05, 4.69) is 5.32 Å². The number of nitrogens with zero attached hydrogens (tertiary/aromatic N) is 1. The Labute approximate surface area is 204 Å². The molecule has 1 aliphatic heterocycles. The van der Waals surface area contributed by atoms with Gasteiger partial charge in [0.05, 0.1) is 5.56 Å². The van der Waals surface area contributed by atoms with Crippen LogP contribution in [0.15, 0.2) is 66.7 Å². The topological polar surface area (TPSA) is 118 Å². The number of nitrogens with one attached hydrogen (secondary N) is 1. The SMILES string of the molecule is N#Cc1ccc(/C=C(/C(N)=O)c2ccccc2COc2cccc(OC3CCNCC3)c2)cc1O. The van der Waals surface area contributed by atoms with E-state index in [1.807, 2.05) is 48.5 Å². The lowest BCUT2D eigenvalue weighted by Crippen LogP contribution is -2.34. The van der Waals surface area contributed by atoms with Crippen molar-refractivity contribution in [3.8, 4) is 23.3 Å². The molecule has 0 unspecified atom stereocenters. The minimum atomic E-state index is -0.612. The van der Waals surface area contributed by atoms with Crippen LogP contribution in [-0.4, -0.2) is 30.2 Å². The first kappa shape index (κ1) is 23.9. The Morgan fingerprint density at radius 1 is 1.09 bits per heavy atom. The molecule has 35 heavy (non-hydrogen) atoms. The second-order valence-electron chi connectivity index (χ2n) is 8.30. The van der Waals surface area contributed by atoms with Gasteiger partial charge in [-0.25, -0.2) is 0 Å². The highest BCUT2D eigenvalue weighted by molar-refractivity contribution is 6.23. The van der Waals surface area contributed by atoms with Crippen LogP contribution >= 0.6 is 0 Å². The van der Waals surface area contributed by atoms with Gasteiger partial charge in [0.25, 0.3) is 0 Å². The number of benzene rings is 3. The van der Waals surface area contributed by atoms with Crippen molar-refractivity contribution in [3.05, 3.63) is 89.0 Å². The number of hydrogen-bond donors (Lipinski definition) is 3. The van der Waals surface area contributed by atoms with E-state index >= 15 is 0 Å². The van der Waals surface area contributed by atoms with Crippen molar-refractivity contribution in [1.29, 1.82) is 5.26 Å². The number of amides is 1. The van der Waals surface area contributed by atoms with Crippen LogP contribution in [-0.2, 0) is 11.4 Å². The molecule has 4 N–H and O–H groups in total. The lowest BCUT2D eigenvalue weighted by Gasteiger charge is -2.24. The highest BCUT2D eigenvalue weighted by atomic mass is 16.5. The lowest BCUT2D eigenvalue weighted by molar-refractivity contribution is -0.112. The first-order valence-corrected chi connectivity index (χ1v) is 11.5. The Bertz CT molecular complexity index is 1270. The molecule has 3 aromatic carbocycles. The van der Waals surface area contributed by atoms with Gasteiger partial charge in [0.2, 0.25) is 5.91 Å². The first-order valence-electron chi connectivity index (χ1n) is 11.5. The van der Waals surface area contributed by atoms with E-state index in [-0.39, 0.29) is 29.6 Å². The van der Waals surface area contributed by atoms with Crippen LogP contribution in [0.25, 0.3) is 11.6 Å². The van der Waals surface area contributed by atoms with Crippen LogP contribution < -0.4 is 20.5 Å². The number of ether oxygens (including phenoxy) is 2. The number of carbonyl (C=O) groups excluding carboxylic acids is 1. The normalized spacial score (nSPS) is 14.2. The van der Waals surface area contributed by atoms with E-state index in [9.17, 15) is 9.90 Å². The van der Waals surface area contributed by atoms with E-state index in [0.29, 0.717) is 16.9 Å². The van der Waals surface area contributed by atoms with Crippen LogP contribution in [0.5, 0.6) is 17.2 Å². The van der Waals surface area contributed by atoms with Crippen molar-refractivity contribution < 1.29 is 19.4 Å². The number of phenolic OH excluding ortho intramolecular Hbond substituents is 1. The van der Waals surface area contributed by atoms with Gasteiger partial charge >= 0.3 is 0 Å². The van der Waals surface area contributed by atoms with Gasteiger partial charge in [-0.15, -0.1) is 0 Å². The van der Waals surface area contributed by atoms with E-state index < -0.39 is 5.91 Å². The Balaban J connectivity index is 1.53. The third kappa shape index (κ3) is 6.19. The largest absolute Gasteiger partial charge is 0.507 e. The molecular formula is C28H27N3O4. The van der Waals surface area contributed by atoms with E-state index in [4.69, 9.17) is 20.5 Å². The maximum atomic E-state index is 12.3. The molecule has 7 heteroatoms. The van der Waals surface area contributed by atoms with Crippen molar-refractivity contribution >= 4 is 17.6 Å². The van der Waals surface area contributed by atoms with Gasteiger partial charge in [0, 0.05) is 11.6 Å². The van der Waals surface area contributed by atoms with Gasteiger partial charge < -0.3 is 25.6 Å². The monoisotopic (exact) mass is 469 g/mol. The number of aromatic hydroxyl groups is 1. The summed E-state index contributed by atoms with van der Waals surface area (Å²) in [6, 6.07) is 21.4. The molecule has 178 valence electrons. The molecule has 1 fully saturated rings. The van der Waals surface area contributed by atoms with Crippen molar-refractivity contribution in [2.24, 2.45) is 5.73 Å². The molecule has 7 nitrogen and oxygen atoms in total. The number of primary amides is 1. The fourth-order valence-corrected chi connectivity index (χ4v) is 3.99. The van der Waals surface area contributed by atoms with Gasteiger partial charge in [0.15, 0.2) is 0 Å². The molecule has 0 saturated carbocycles. The van der Waals surface area contributed by atoms with Gasteiger partial charge in [-0.05, 0) is 73.0 Å². The predicted molar refractivity (Wildman–Crippen MR) is 134 cm³/mol. The van der Waals surface area contributed by atoms with Crippen LogP contribution in [0.4, 0.5) is 0 Å². The smallest absolute Gasteiger partial charge is 0.249 e. The lowest BCUT2D eigenvalue weighted by atomic mass is 9.97. The molecule has 1 saturated heterocycles. The van der Waals surface area contributed by atoms with Crippen LogP contribution in [0.3, 0.4) is 0 Å². The summed E-state index contributed by atoms with van der Waals surface area (Å²) in [7, 11) is 0. The number of rotatable bonds is 8. The van der Waals surface area contributed by atoms with E-state index in [0.717, 1.165) is 37.2 Å². The summed E-state index contributed by atoms with van der Waals surface area (Å²) in [6.45, 7) is 2.13. The molecule has 4 rings (SSSR count). The van der Waals surface area contributed by atoms with Crippen LogP contribution in [0.2, 0.25) is 0 Å². The summed E-state index contributed by atoms with van der Waals surface area (Å²) in [5.74, 6) is 0.654. The molecule has 0 atom stereocenters. The van der Waals surface area contributed by atoms with Gasteiger partial charge in [-0.3, -0.25) is 4.79 Å². The van der Waals surface area contributed by atoms with Crippen molar-refractivity contribution in [3.63, 3.8) is 0 Å². The number of nitriles is 1. The zero-order valence-corrected chi connectivity index (χ0v) is 19.2. The number of carbonyl (C=O) groups is 1. The number of hydrogen-bond acceptors (Lipinski definition) is 6. The average molecular weight is 470 g/mol. The Hall–Kier alpha value is -4.28. The minimum Gasteiger partial charge on any atom is -0.507 e. The molecule has 1 amide bonds. The summed E-state index contributed by atoms with van der Waals surface area (Å²) in [6.07, 6.45) is 3.72. The summed E-state index contributed by atoms with van der Waals surface area (Å²) in [5.41, 5.74) is 8.10. The zero-order chi connectivity index (χ0) is 24.6. The minimum absolute atomic E-state index is 0.155. The maximum absolute atomic E-state index is 12.3. The molecule has 0 spiro atoms. The summed E-state index contributed by atoms with van der Waals surface area (Å²) in [4.78, 5) is 12.3. The average Bonchev–Trinajstić information content (AvgIpc) is 2.87. The van der Waals surface area contributed by atoms with E-state index in [1.165, 1.54) is 12.1 Å². The molecular weight excluding hydrogens is 442 g/mol.